The molecule has 0 aromatic heterocycles. The predicted octanol–water partition coefficient (Wildman–Crippen LogP) is 1.95. The Hall–Kier alpha value is -1.88. The van der Waals surface area contributed by atoms with E-state index in [0.29, 0.717) is 0 Å². The first-order valence-corrected chi connectivity index (χ1v) is 7.28. The Bertz CT molecular complexity index is 527. The minimum Gasteiger partial charge on any atom is -0.348 e. The van der Waals surface area contributed by atoms with Gasteiger partial charge in [-0.3, -0.25) is 9.59 Å². The summed E-state index contributed by atoms with van der Waals surface area (Å²) in [5, 5.41) is 5.76. The van der Waals surface area contributed by atoms with E-state index in [9.17, 15) is 9.59 Å². The minimum atomic E-state index is -0.896. The first-order chi connectivity index (χ1) is 9.77. The monoisotopic (exact) mass is 289 g/mol. The summed E-state index contributed by atoms with van der Waals surface area (Å²) in [5.41, 5.74) is 6.62. The zero-order chi connectivity index (χ0) is 15.6. The van der Waals surface area contributed by atoms with E-state index in [2.05, 4.69) is 10.6 Å². The van der Waals surface area contributed by atoms with E-state index in [1.54, 1.807) is 13.8 Å². The van der Waals surface area contributed by atoms with Crippen LogP contribution in [0.4, 0.5) is 5.69 Å². The molecule has 4 N–H and O–H groups in total. The summed E-state index contributed by atoms with van der Waals surface area (Å²) in [4.78, 5) is 23.5. The van der Waals surface area contributed by atoms with Crippen molar-refractivity contribution in [1.82, 2.24) is 5.32 Å². The van der Waals surface area contributed by atoms with Gasteiger partial charge in [0.1, 0.15) is 0 Å². The first kappa shape index (κ1) is 15.5. The number of hydrogen-bond donors (Lipinski definition) is 3. The van der Waals surface area contributed by atoms with Gasteiger partial charge in [0, 0.05) is 11.6 Å². The van der Waals surface area contributed by atoms with Crippen molar-refractivity contribution in [2.24, 2.45) is 11.7 Å². The highest BCUT2D eigenvalue weighted by atomic mass is 16.2. The molecule has 21 heavy (non-hydrogen) atoms. The van der Waals surface area contributed by atoms with Gasteiger partial charge in [0.05, 0.1) is 11.6 Å². The molecule has 2 amide bonds. The van der Waals surface area contributed by atoms with Crippen molar-refractivity contribution < 1.29 is 9.59 Å². The van der Waals surface area contributed by atoms with E-state index in [0.717, 1.165) is 24.1 Å². The number of carbonyl (C=O) groups excluding carboxylic acids is 2. The number of anilines is 1. The molecule has 0 spiro atoms. The predicted molar refractivity (Wildman–Crippen MR) is 82.6 cm³/mol. The molecule has 0 bridgehead atoms. The molecule has 1 aromatic rings. The van der Waals surface area contributed by atoms with Crippen LogP contribution < -0.4 is 16.4 Å². The van der Waals surface area contributed by atoms with Crippen molar-refractivity contribution in [3.8, 4) is 0 Å². The highest BCUT2D eigenvalue weighted by Gasteiger charge is 2.29. The van der Waals surface area contributed by atoms with Crippen LogP contribution in [-0.4, -0.2) is 17.4 Å². The van der Waals surface area contributed by atoms with Crippen LogP contribution in [0.1, 0.15) is 45.2 Å². The smallest absolute Gasteiger partial charge is 0.239 e. The number of amides is 2. The quantitative estimate of drug-likeness (QED) is 0.774. The Morgan fingerprint density at radius 3 is 2.29 bits per heavy atom. The number of nitrogens with one attached hydrogen (secondary N) is 2. The molecule has 1 saturated carbocycles. The van der Waals surface area contributed by atoms with Gasteiger partial charge in [0.15, 0.2) is 0 Å². The number of nitrogens with two attached hydrogens (primary N) is 1. The van der Waals surface area contributed by atoms with Crippen LogP contribution in [0.25, 0.3) is 0 Å². The van der Waals surface area contributed by atoms with Crippen LogP contribution in [0.15, 0.2) is 24.3 Å². The lowest BCUT2D eigenvalue weighted by molar-refractivity contribution is -0.125. The Morgan fingerprint density at radius 1 is 1.24 bits per heavy atom. The van der Waals surface area contributed by atoms with Gasteiger partial charge in [0.2, 0.25) is 11.8 Å². The zero-order valence-corrected chi connectivity index (χ0v) is 12.8. The highest BCUT2D eigenvalue weighted by molar-refractivity contribution is 5.94. The van der Waals surface area contributed by atoms with Gasteiger partial charge in [0.25, 0.3) is 0 Å². The third-order valence-corrected chi connectivity index (χ3v) is 3.56. The molecule has 5 nitrogen and oxygen atoms in total. The van der Waals surface area contributed by atoms with E-state index in [1.807, 2.05) is 31.2 Å². The second kappa shape index (κ2) is 5.85. The molecule has 0 radical (unpaired) electrons. The Morgan fingerprint density at radius 2 is 1.81 bits per heavy atom. The summed E-state index contributed by atoms with van der Waals surface area (Å²) in [5.74, 6) is 0.0877. The van der Waals surface area contributed by atoms with Crippen LogP contribution >= 0.6 is 0 Å². The molecule has 2 rings (SSSR count). The zero-order valence-electron chi connectivity index (χ0n) is 12.8. The average Bonchev–Trinajstić information content (AvgIpc) is 3.22. The topological polar surface area (TPSA) is 84.2 Å². The number of hydrogen-bond acceptors (Lipinski definition) is 3. The number of benzene rings is 1. The van der Waals surface area contributed by atoms with Gasteiger partial charge < -0.3 is 16.4 Å². The Balaban J connectivity index is 1.94. The molecule has 1 unspecified atom stereocenters. The van der Waals surface area contributed by atoms with Crippen molar-refractivity contribution >= 4 is 17.5 Å². The summed E-state index contributed by atoms with van der Waals surface area (Å²) >= 11 is 0. The summed E-state index contributed by atoms with van der Waals surface area (Å²) in [6, 6.07) is 7.37. The van der Waals surface area contributed by atoms with E-state index in [-0.39, 0.29) is 23.8 Å². The van der Waals surface area contributed by atoms with Crippen LogP contribution in [0, 0.1) is 5.92 Å². The average molecular weight is 289 g/mol. The second-order valence-electron chi connectivity index (χ2n) is 6.30. The Kier molecular flexibility index (Phi) is 4.32. The molecular weight excluding hydrogens is 266 g/mol. The van der Waals surface area contributed by atoms with E-state index in [4.69, 9.17) is 5.73 Å². The van der Waals surface area contributed by atoms with Crippen molar-refractivity contribution in [3.05, 3.63) is 29.8 Å². The standard InChI is InChI=1S/C16H23N3O2/c1-10(18-15(21)16(2,3)17)11-6-8-13(9-7-11)19-14(20)12-4-5-12/h6-10,12H,4-5,17H2,1-3H3,(H,18,21)(H,19,20). The van der Waals surface area contributed by atoms with E-state index in [1.165, 1.54) is 0 Å². The maximum absolute atomic E-state index is 11.8. The van der Waals surface area contributed by atoms with Gasteiger partial charge in [-0.25, -0.2) is 0 Å². The molecule has 1 aliphatic carbocycles. The van der Waals surface area contributed by atoms with Crippen LogP contribution in [0.2, 0.25) is 0 Å². The minimum absolute atomic E-state index is 0.0917. The van der Waals surface area contributed by atoms with Gasteiger partial charge in [-0.05, 0) is 51.3 Å². The number of carbonyl (C=O) groups is 2. The lowest BCUT2D eigenvalue weighted by Crippen LogP contribution is -2.49. The highest BCUT2D eigenvalue weighted by Crippen LogP contribution is 2.30. The van der Waals surface area contributed by atoms with Gasteiger partial charge in [-0.15, -0.1) is 0 Å². The van der Waals surface area contributed by atoms with Crippen LogP contribution in [0.5, 0.6) is 0 Å². The second-order valence-corrected chi connectivity index (χ2v) is 6.30. The molecule has 0 saturated heterocycles. The van der Waals surface area contributed by atoms with Gasteiger partial charge in [-0.2, -0.15) is 0 Å². The molecule has 1 aromatic carbocycles. The van der Waals surface area contributed by atoms with E-state index < -0.39 is 5.54 Å². The summed E-state index contributed by atoms with van der Waals surface area (Å²) in [6.45, 7) is 5.25. The third-order valence-electron chi connectivity index (χ3n) is 3.56. The Labute approximate surface area is 125 Å². The maximum atomic E-state index is 11.8. The normalized spacial score (nSPS) is 16.2. The number of rotatable bonds is 5. The fraction of sp³-hybridized carbons (Fsp3) is 0.500. The van der Waals surface area contributed by atoms with Crippen LogP contribution in [0.3, 0.4) is 0 Å². The summed E-state index contributed by atoms with van der Waals surface area (Å²) < 4.78 is 0. The summed E-state index contributed by atoms with van der Waals surface area (Å²) in [7, 11) is 0. The lowest BCUT2D eigenvalue weighted by atomic mass is 10.0. The van der Waals surface area contributed by atoms with E-state index >= 15 is 0 Å². The largest absolute Gasteiger partial charge is 0.348 e. The third kappa shape index (κ3) is 4.29. The van der Waals surface area contributed by atoms with Crippen molar-refractivity contribution in [2.45, 2.75) is 45.2 Å². The SMILES string of the molecule is CC(NC(=O)C(C)(C)N)c1ccc(NC(=O)C2CC2)cc1. The van der Waals surface area contributed by atoms with Crippen molar-refractivity contribution in [3.63, 3.8) is 0 Å². The molecule has 5 heteroatoms. The molecule has 114 valence electrons. The fourth-order valence-corrected chi connectivity index (χ4v) is 1.91. The van der Waals surface area contributed by atoms with Gasteiger partial charge >= 0.3 is 0 Å². The first-order valence-electron chi connectivity index (χ1n) is 7.28. The molecular formula is C16H23N3O2. The van der Waals surface area contributed by atoms with Crippen molar-refractivity contribution in [1.29, 1.82) is 0 Å². The van der Waals surface area contributed by atoms with Crippen molar-refractivity contribution in [2.75, 3.05) is 5.32 Å². The van der Waals surface area contributed by atoms with Gasteiger partial charge in [-0.1, -0.05) is 12.1 Å². The molecule has 0 aliphatic heterocycles. The summed E-state index contributed by atoms with van der Waals surface area (Å²) in [6.07, 6.45) is 1.98. The molecule has 0 heterocycles. The lowest BCUT2D eigenvalue weighted by Gasteiger charge is -2.22. The molecule has 1 atom stereocenters. The fourth-order valence-electron chi connectivity index (χ4n) is 1.91. The molecule has 1 aliphatic rings. The maximum Gasteiger partial charge on any atom is 0.239 e. The van der Waals surface area contributed by atoms with Crippen LogP contribution in [-0.2, 0) is 9.59 Å². The molecule has 1 fully saturated rings.